The lowest BCUT2D eigenvalue weighted by Gasteiger charge is -2.07. The lowest BCUT2D eigenvalue weighted by Crippen LogP contribution is -2.17. The highest BCUT2D eigenvalue weighted by atomic mass is 16.5. The van der Waals surface area contributed by atoms with Crippen LogP contribution in [-0.4, -0.2) is 24.9 Å². The molecule has 1 aromatic heterocycles. The van der Waals surface area contributed by atoms with E-state index in [0.29, 0.717) is 5.76 Å². The Hall–Kier alpha value is -0.840. The third-order valence-electron chi connectivity index (χ3n) is 2.93. The second kappa shape index (κ2) is 6.03. The second-order valence-corrected chi connectivity index (χ2v) is 4.22. The molecule has 1 saturated heterocycles. The van der Waals surface area contributed by atoms with Crippen molar-refractivity contribution in [3.8, 4) is 0 Å². The van der Waals surface area contributed by atoms with Gasteiger partial charge in [-0.2, -0.15) is 0 Å². The molecule has 90 valence electrons. The van der Waals surface area contributed by atoms with Gasteiger partial charge in [0.1, 0.15) is 18.1 Å². The fraction of sp³-hybridized carbons (Fsp3) is 0.667. The summed E-state index contributed by atoms with van der Waals surface area (Å²) in [5.74, 6) is 2.23. The summed E-state index contributed by atoms with van der Waals surface area (Å²) in [5, 5.41) is 12.2. The first kappa shape index (κ1) is 11.6. The van der Waals surface area contributed by atoms with Gasteiger partial charge in [-0.15, -0.1) is 0 Å². The number of furan rings is 1. The Bertz CT molecular complexity index is 305. The van der Waals surface area contributed by atoms with Crippen LogP contribution in [0.15, 0.2) is 16.5 Å². The van der Waals surface area contributed by atoms with Crippen LogP contribution in [-0.2, 0) is 17.9 Å². The summed E-state index contributed by atoms with van der Waals surface area (Å²) in [6.07, 6.45) is 2.35. The molecule has 2 heterocycles. The number of rotatable bonds is 6. The Balaban J connectivity index is 1.60. The van der Waals surface area contributed by atoms with E-state index < -0.39 is 0 Å². The van der Waals surface area contributed by atoms with E-state index in [1.807, 2.05) is 12.1 Å². The van der Waals surface area contributed by atoms with Crippen LogP contribution >= 0.6 is 0 Å². The van der Waals surface area contributed by atoms with Crippen LogP contribution < -0.4 is 5.32 Å². The number of ether oxygens (including phenoxy) is 1. The molecule has 2 N–H and O–H groups in total. The molecule has 4 nitrogen and oxygen atoms in total. The van der Waals surface area contributed by atoms with Gasteiger partial charge in [-0.1, -0.05) is 0 Å². The van der Waals surface area contributed by atoms with E-state index in [0.717, 1.165) is 44.4 Å². The van der Waals surface area contributed by atoms with Crippen molar-refractivity contribution in [3.05, 3.63) is 23.7 Å². The minimum Gasteiger partial charge on any atom is -0.462 e. The van der Waals surface area contributed by atoms with Crippen LogP contribution in [0.5, 0.6) is 0 Å². The van der Waals surface area contributed by atoms with Crippen molar-refractivity contribution in [2.24, 2.45) is 5.92 Å². The molecule has 0 aliphatic carbocycles. The van der Waals surface area contributed by atoms with Crippen LogP contribution in [0.1, 0.15) is 24.4 Å². The third-order valence-corrected chi connectivity index (χ3v) is 2.93. The van der Waals surface area contributed by atoms with Crippen molar-refractivity contribution in [2.75, 3.05) is 19.8 Å². The molecule has 2 rings (SSSR count). The quantitative estimate of drug-likeness (QED) is 0.716. The Morgan fingerprint density at radius 2 is 2.25 bits per heavy atom. The van der Waals surface area contributed by atoms with Crippen molar-refractivity contribution < 1.29 is 14.3 Å². The monoisotopic (exact) mass is 225 g/mol. The number of aliphatic hydroxyl groups excluding tert-OH is 1. The topological polar surface area (TPSA) is 54.6 Å². The molecular weight excluding hydrogens is 206 g/mol. The first-order valence-corrected chi connectivity index (χ1v) is 5.85. The Morgan fingerprint density at radius 1 is 1.38 bits per heavy atom. The van der Waals surface area contributed by atoms with Crippen LogP contribution in [0.3, 0.4) is 0 Å². The first-order chi connectivity index (χ1) is 7.88. The van der Waals surface area contributed by atoms with E-state index in [-0.39, 0.29) is 6.61 Å². The molecule has 1 aliphatic rings. The fourth-order valence-electron chi connectivity index (χ4n) is 1.93. The van der Waals surface area contributed by atoms with E-state index in [9.17, 15) is 0 Å². The van der Waals surface area contributed by atoms with Gasteiger partial charge < -0.3 is 19.6 Å². The number of aliphatic hydroxyl groups is 1. The molecule has 1 aromatic rings. The van der Waals surface area contributed by atoms with Gasteiger partial charge in [0.25, 0.3) is 0 Å². The molecule has 1 fully saturated rings. The molecule has 0 spiro atoms. The van der Waals surface area contributed by atoms with Crippen LogP contribution in [0, 0.1) is 5.92 Å². The zero-order chi connectivity index (χ0) is 11.2. The van der Waals surface area contributed by atoms with E-state index in [4.69, 9.17) is 14.3 Å². The lowest BCUT2D eigenvalue weighted by molar-refractivity contribution is 0.184. The largest absolute Gasteiger partial charge is 0.462 e. The highest BCUT2D eigenvalue weighted by Gasteiger charge is 2.14. The maximum Gasteiger partial charge on any atom is 0.129 e. The summed E-state index contributed by atoms with van der Waals surface area (Å²) >= 11 is 0. The lowest BCUT2D eigenvalue weighted by atomic mass is 10.1. The summed E-state index contributed by atoms with van der Waals surface area (Å²) in [6.45, 7) is 3.52. The predicted octanol–water partition coefficient (Wildman–Crippen LogP) is 1.29. The summed E-state index contributed by atoms with van der Waals surface area (Å²) < 4.78 is 10.7. The fourth-order valence-corrected chi connectivity index (χ4v) is 1.93. The smallest absolute Gasteiger partial charge is 0.129 e. The molecule has 1 atom stereocenters. The van der Waals surface area contributed by atoms with Gasteiger partial charge in [-0.25, -0.2) is 0 Å². The van der Waals surface area contributed by atoms with Gasteiger partial charge in [-0.05, 0) is 37.4 Å². The molecule has 1 unspecified atom stereocenters. The average molecular weight is 225 g/mol. The standard InChI is InChI=1S/C12H19NO3/c14-8-12-2-1-11(16-12)7-13-5-3-10-4-6-15-9-10/h1-2,10,13-14H,3-9H2. The van der Waals surface area contributed by atoms with Gasteiger partial charge in [0.2, 0.25) is 0 Å². The van der Waals surface area contributed by atoms with Crippen molar-refractivity contribution in [3.63, 3.8) is 0 Å². The number of hydrogen-bond acceptors (Lipinski definition) is 4. The van der Waals surface area contributed by atoms with Crippen molar-refractivity contribution >= 4 is 0 Å². The van der Waals surface area contributed by atoms with Gasteiger partial charge in [0.05, 0.1) is 6.54 Å². The minimum atomic E-state index is -0.0284. The van der Waals surface area contributed by atoms with E-state index in [2.05, 4.69) is 5.32 Å². The van der Waals surface area contributed by atoms with Crippen molar-refractivity contribution in [1.82, 2.24) is 5.32 Å². The molecule has 0 radical (unpaired) electrons. The highest BCUT2D eigenvalue weighted by molar-refractivity contribution is 5.05. The van der Waals surface area contributed by atoms with E-state index in [1.165, 1.54) is 6.42 Å². The summed E-state index contributed by atoms with van der Waals surface area (Å²) in [4.78, 5) is 0. The normalized spacial score (nSPS) is 20.4. The van der Waals surface area contributed by atoms with Gasteiger partial charge in [-0.3, -0.25) is 0 Å². The number of nitrogens with one attached hydrogen (secondary N) is 1. The second-order valence-electron chi connectivity index (χ2n) is 4.22. The van der Waals surface area contributed by atoms with Crippen LogP contribution in [0.25, 0.3) is 0 Å². The summed E-state index contributed by atoms with van der Waals surface area (Å²) in [5.41, 5.74) is 0. The maximum absolute atomic E-state index is 8.84. The maximum atomic E-state index is 8.84. The minimum absolute atomic E-state index is 0.0284. The number of hydrogen-bond donors (Lipinski definition) is 2. The van der Waals surface area contributed by atoms with E-state index >= 15 is 0 Å². The highest BCUT2D eigenvalue weighted by Crippen LogP contribution is 2.15. The Labute approximate surface area is 95.6 Å². The molecule has 1 aliphatic heterocycles. The summed E-state index contributed by atoms with van der Waals surface area (Å²) in [7, 11) is 0. The molecule has 16 heavy (non-hydrogen) atoms. The van der Waals surface area contributed by atoms with Crippen LogP contribution in [0.4, 0.5) is 0 Å². The average Bonchev–Trinajstić information content (AvgIpc) is 2.95. The molecule has 0 saturated carbocycles. The molecular formula is C12H19NO3. The Morgan fingerprint density at radius 3 is 2.94 bits per heavy atom. The van der Waals surface area contributed by atoms with Crippen molar-refractivity contribution in [1.29, 1.82) is 0 Å². The van der Waals surface area contributed by atoms with Gasteiger partial charge >= 0.3 is 0 Å². The predicted molar refractivity (Wildman–Crippen MR) is 59.9 cm³/mol. The summed E-state index contributed by atoms with van der Waals surface area (Å²) in [6, 6.07) is 3.71. The van der Waals surface area contributed by atoms with Crippen LogP contribution in [0.2, 0.25) is 0 Å². The first-order valence-electron chi connectivity index (χ1n) is 5.85. The third kappa shape index (κ3) is 3.33. The Kier molecular flexibility index (Phi) is 4.39. The zero-order valence-electron chi connectivity index (χ0n) is 9.45. The van der Waals surface area contributed by atoms with Crippen molar-refractivity contribution in [2.45, 2.75) is 26.0 Å². The molecule has 0 bridgehead atoms. The van der Waals surface area contributed by atoms with E-state index in [1.54, 1.807) is 0 Å². The zero-order valence-corrected chi connectivity index (χ0v) is 9.45. The molecule has 4 heteroatoms. The molecule has 0 aromatic carbocycles. The molecule has 0 amide bonds. The SMILES string of the molecule is OCc1ccc(CNCCC2CCOC2)o1. The van der Waals surface area contributed by atoms with Gasteiger partial charge in [0, 0.05) is 13.2 Å². The van der Waals surface area contributed by atoms with Gasteiger partial charge in [0.15, 0.2) is 0 Å².